The fraction of sp³-hybridized carbons (Fsp3) is 0.444. The van der Waals surface area contributed by atoms with Crippen LogP contribution in [0, 0.1) is 0 Å². The van der Waals surface area contributed by atoms with Gasteiger partial charge in [0.15, 0.2) is 0 Å². The zero-order valence-corrected chi connectivity index (χ0v) is 9.41. The van der Waals surface area contributed by atoms with Gasteiger partial charge in [-0.2, -0.15) is 0 Å². The largest absolute Gasteiger partial charge is 0.330 e. The van der Waals surface area contributed by atoms with E-state index in [1.165, 1.54) is 17.8 Å². The first-order chi connectivity index (χ1) is 6.86. The van der Waals surface area contributed by atoms with Crippen molar-refractivity contribution in [2.75, 3.05) is 0 Å². The highest BCUT2D eigenvalue weighted by molar-refractivity contribution is 6.67. The van der Waals surface area contributed by atoms with Crippen LogP contribution in [-0.4, -0.2) is 14.4 Å². The molecule has 1 aromatic rings. The number of nitrogens with zero attached hydrogens (tertiary/aromatic N) is 2. The van der Waals surface area contributed by atoms with Crippen molar-refractivity contribution in [2.45, 2.75) is 19.9 Å². The fourth-order valence-electron chi connectivity index (χ4n) is 1.20. The molecule has 82 valence electrons. The average Bonchev–Trinajstić information content (AvgIpc) is 2.13. The Morgan fingerprint density at radius 1 is 1.40 bits per heavy atom. The molecule has 1 heterocycles. The van der Waals surface area contributed by atoms with Crippen LogP contribution in [0.25, 0.3) is 0 Å². The van der Waals surface area contributed by atoms with Crippen LogP contribution < -0.4 is 11.2 Å². The first-order valence-corrected chi connectivity index (χ1v) is 4.76. The summed E-state index contributed by atoms with van der Waals surface area (Å²) in [5.41, 5.74) is -1.32. The molecule has 15 heavy (non-hydrogen) atoms. The summed E-state index contributed by atoms with van der Waals surface area (Å²) >= 11 is 5.24. The summed E-state index contributed by atoms with van der Waals surface area (Å²) in [5.74, 6) is 0. The molecule has 0 saturated heterocycles. The lowest BCUT2D eigenvalue weighted by molar-refractivity contribution is 0.107. The third-order valence-electron chi connectivity index (χ3n) is 2.08. The van der Waals surface area contributed by atoms with Crippen LogP contribution in [0.1, 0.15) is 30.2 Å². The number of hydrogen-bond acceptors (Lipinski definition) is 3. The maximum atomic E-state index is 11.6. The van der Waals surface area contributed by atoms with Gasteiger partial charge in [-0.25, -0.2) is 4.79 Å². The molecule has 1 rings (SSSR count). The van der Waals surface area contributed by atoms with Crippen molar-refractivity contribution in [1.29, 1.82) is 0 Å². The quantitative estimate of drug-likeness (QED) is 0.696. The Hall–Kier alpha value is -1.36. The maximum absolute atomic E-state index is 11.6. The van der Waals surface area contributed by atoms with Gasteiger partial charge in [0.1, 0.15) is 5.56 Å². The van der Waals surface area contributed by atoms with Crippen molar-refractivity contribution in [1.82, 2.24) is 9.13 Å². The van der Waals surface area contributed by atoms with E-state index in [0.717, 1.165) is 4.57 Å². The van der Waals surface area contributed by atoms with Crippen LogP contribution in [-0.2, 0) is 7.05 Å². The summed E-state index contributed by atoms with van der Waals surface area (Å²) in [6, 6.07) is -0.140. The van der Waals surface area contributed by atoms with Gasteiger partial charge in [-0.1, -0.05) is 0 Å². The fourth-order valence-corrected chi connectivity index (χ4v) is 1.32. The van der Waals surface area contributed by atoms with Crippen LogP contribution in [0.15, 0.2) is 15.8 Å². The lowest BCUT2D eigenvalue weighted by atomic mass is 10.3. The van der Waals surface area contributed by atoms with Crippen LogP contribution in [0.5, 0.6) is 0 Å². The minimum Gasteiger partial charge on any atom is -0.297 e. The van der Waals surface area contributed by atoms with E-state index in [-0.39, 0.29) is 11.6 Å². The molecule has 0 spiro atoms. The summed E-state index contributed by atoms with van der Waals surface area (Å²) in [6.07, 6.45) is 1.20. The number of aromatic nitrogens is 2. The Kier molecular flexibility index (Phi) is 3.14. The highest BCUT2D eigenvalue weighted by atomic mass is 35.5. The monoisotopic (exact) mass is 230 g/mol. The van der Waals surface area contributed by atoms with Crippen molar-refractivity contribution in [3.8, 4) is 0 Å². The first kappa shape index (κ1) is 11.7. The Bertz CT molecular complexity index is 513. The maximum Gasteiger partial charge on any atom is 0.330 e. The number of carbonyl (C=O) groups excluding carboxylic acids is 1. The van der Waals surface area contributed by atoms with Crippen LogP contribution in [0.4, 0.5) is 0 Å². The molecular formula is C9H11ClN2O3. The van der Waals surface area contributed by atoms with Crippen LogP contribution in [0.2, 0.25) is 0 Å². The van der Waals surface area contributed by atoms with E-state index in [0.29, 0.717) is 0 Å². The molecule has 0 unspecified atom stereocenters. The Morgan fingerprint density at radius 2 is 1.93 bits per heavy atom. The predicted molar refractivity (Wildman–Crippen MR) is 56.5 cm³/mol. The van der Waals surface area contributed by atoms with Crippen molar-refractivity contribution >= 4 is 16.8 Å². The van der Waals surface area contributed by atoms with Gasteiger partial charge in [0.2, 0.25) is 0 Å². The molecule has 0 aliphatic rings. The Balaban J connectivity index is 3.68. The molecule has 0 aliphatic carbocycles. The third kappa shape index (κ3) is 2.02. The molecule has 5 nitrogen and oxygen atoms in total. The standard InChI is InChI=1S/C9H11ClN2O3/c1-5(2)12-4-6(7(10)13)8(14)11(3)9(12)15/h4-5H,1-3H3. The number of hydrogen-bond donors (Lipinski definition) is 0. The number of rotatable bonds is 2. The first-order valence-electron chi connectivity index (χ1n) is 4.38. The van der Waals surface area contributed by atoms with E-state index in [1.54, 1.807) is 13.8 Å². The highest BCUT2D eigenvalue weighted by Crippen LogP contribution is 2.01. The Morgan fingerprint density at radius 3 is 2.33 bits per heavy atom. The molecule has 0 aliphatic heterocycles. The van der Waals surface area contributed by atoms with Gasteiger partial charge in [0.25, 0.3) is 10.8 Å². The zero-order chi connectivity index (χ0) is 11.7. The van der Waals surface area contributed by atoms with E-state index in [2.05, 4.69) is 0 Å². The van der Waals surface area contributed by atoms with Gasteiger partial charge in [-0.3, -0.25) is 18.7 Å². The van der Waals surface area contributed by atoms with Gasteiger partial charge >= 0.3 is 5.69 Å². The van der Waals surface area contributed by atoms with Crippen molar-refractivity contribution < 1.29 is 4.79 Å². The smallest absolute Gasteiger partial charge is 0.297 e. The number of halogens is 1. The van der Waals surface area contributed by atoms with Gasteiger partial charge in [-0.05, 0) is 25.4 Å². The highest BCUT2D eigenvalue weighted by Gasteiger charge is 2.14. The van der Waals surface area contributed by atoms with Crippen LogP contribution in [0.3, 0.4) is 0 Å². The molecule has 0 atom stereocenters. The molecule has 0 bridgehead atoms. The molecule has 0 fully saturated rings. The third-order valence-corrected chi connectivity index (χ3v) is 2.28. The second-order valence-corrected chi connectivity index (χ2v) is 3.81. The SMILES string of the molecule is CC(C)n1cc(C(=O)Cl)c(=O)n(C)c1=O. The lowest BCUT2D eigenvalue weighted by Gasteiger charge is -2.11. The topological polar surface area (TPSA) is 61.1 Å². The predicted octanol–water partition coefficient (Wildman–Crippen LogP) is 0.507. The molecular weight excluding hydrogens is 220 g/mol. The normalized spacial score (nSPS) is 10.7. The van der Waals surface area contributed by atoms with E-state index < -0.39 is 16.5 Å². The van der Waals surface area contributed by atoms with E-state index in [9.17, 15) is 14.4 Å². The molecule has 0 amide bonds. The minimum atomic E-state index is -0.856. The van der Waals surface area contributed by atoms with Crippen LogP contribution >= 0.6 is 11.6 Å². The molecule has 0 N–H and O–H groups in total. The summed E-state index contributed by atoms with van der Waals surface area (Å²) in [4.78, 5) is 34.0. The summed E-state index contributed by atoms with van der Waals surface area (Å²) < 4.78 is 2.16. The molecule has 0 radical (unpaired) electrons. The summed E-state index contributed by atoms with van der Waals surface area (Å²) in [7, 11) is 1.31. The van der Waals surface area contributed by atoms with Gasteiger partial charge in [-0.15, -0.1) is 0 Å². The number of carbonyl (C=O) groups is 1. The van der Waals surface area contributed by atoms with Crippen molar-refractivity contribution in [2.24, 2.45) is 7.05 Å². The van der Waals surface area contributed by atoms with E-state index in [1.807, 2.05) is 0 Å². The Labute approximate surface area is 90.9 Å². The average molecular weight is 231 g/mol. The molecule has 1 aromatic heterocycles. The molecule has 0 saturated carbocycles. The van der Waals surface area contributed by atoms with Gasteiger partial charge in [0, 0.05) is 19.3 Å². The van der Waals surface area contributed by atoms with Gasteiger partial charge in [0.05, 0.1) is 0 Å². The van der Waals surface area contributed by atoms with Crippen molar-refractivity contribution in [3.63, 3.8) is 0 Å². The van der Waals surface area contributed by atoms with Crippen molar-refractivity contribution in [3.05, 3.63) is 32.6 Å². The molecule has 6 heteroatoms. The van der Waals surface area contributed by atoms with E-state index in [4.69, 9.17) is 11.6 Å². The molecule has 0 aromatic carbocycles. The second kappa shape index (κ2) is 4.02. The lowest BCUT2D eigenvalue weighted by Crippen LogP contribution is -2.40. The summed E-state index contributed by atoms with van der Waals surface area (Å²) in [5, 5.41) is -0.856. The van der Waals surface area contributed by atoms with Gasteiger partial charge < -0.3 is 0 Å². The summed E-state index contributed by atoms with van der Waals surface area (Å²) in [6.45, 7) is 3.54. The zero-order valence-electron chi connectivity index (χ0n) is 8.65. The second-order valence-electron chi connectivity index (χ2n) is 3.46. The minimum absolute atomic E-state index is 0.140. The van der Waals surface area contributed by atoms with E-state index >= 15 is 0 Å².